The Bertz CT molecular complexity index is 348. The van der Waals surface area contributed by atoms with Crippen LogP contribution in [-0.2, 0) is 9.47 Å². The van der Waals surface area contributed by atoms with E-state index in [2.05, 4.69) is 13.8 Å². The summed E-state index contributed by atoms with van der Waals surface area (Å²) in [5.74, 6) is 0.645. The van der Waals surface area contributed by atoms with Crippen LogP contribution in [-0.4, -0.2) is 42.4 Å². The second-order valence-corrected chi connectivity index (χ2v) is 8.00. The summed E-state index contributed by atoms with van der Waals surface area (Å²) in [4.78, 5) is 14.0. The third-order valence-corrected chi connectivity index (χ3v) is 4.77. The van der Waals surface area contributed by atoms with Crippen molar-refractivity contribution in [1.29, 1.82) is 0 Å². The lowest BCUT2D eigenvalue weighted by Crippen LogP contribution is -2.43. The maximum absolute atomic E-state index is 12.1. The van der Waals surface area contributed by atoms with Gasteiger partial charge in [-0.2, -0.15) is 0 Å². The van der Waals surface area contributed by atoms with Crippen LogP contribution >= 0.6 is 0 Å². The molecule has 0 saturated carbocycles. The Morgan fingerprint density at radius 1 is 1.09 bits per heavy atom. The van der Waals surface area contributed by atoms with Crippen molar-refractivity contribution in [2.75, 3.05) is 20.2 Å². The third-order valence-electron chi connectivity index (χ3n) is 4.77. The molecular weight excluding hydrogens is 290 g/mol. The first-order valence-electron chi connectivity index (χ1n) is 9.28. The number of piperidine rings is 1. The van der Waals surface area contributed by atoms with Crippen LogP contribution in [0.2, 0.25) is 0 Å². The maximum atomic E-state index is 12.1. The van der Waals surface area contributed by atoms with Crippen molar-refractivity contribution in [1.82, 2.24) is 4.90 Å². The van der Waals surface area contributed by atoms with Gasteiger partial charge in [0, 0.05) is 20.2 Å². The fourth-order valence-electron chi connectivity index (χ4n) is 3.70. The molecule has 0 aliphatic carbocycles. The van der Waals surface area contributed by atoms with E-state index in [-0.39, 0.29) is 11.7 Å². The minimum absolute atomic E-state index is 0.0300. The lowest BCUT2D eigenvalue weighted by molar-refractivity contribution is -0.0503. The van der Waals surface area contributed by atoms with Crippen molar-refractivity contribution in [3.05, 3.63) is 0 Å². The van der Waals surface area contributed by atoms with Gasteiger partial charge >= 0.3 is 6.09 Å². The van der Waals surface area contributed by atoms with Crippen molar-refractivity contribution >= 4 is 6.09 Å². The summed E-state index contributed by atoms with van der Waals surface area (Å²) in [5, 5.41) is 0. The van der Waals surface area contributed by atoms with E-state index < -0.39 is 5.60 Å². The van der Waals surface area contributed by atoms with Gasteiger partial charge in [0.1, 0.15) is 5.60 Å². The molecule has 1 aliphatic rings. The van der Waals surface area contributed by atoms with Gasteiger partial charge in [0.05, 0.1) is 5.60 Å². The highest BCUT2D eigenvalue weighted by atomic mass is 16.6. The minimum atomic E-state index is -0.415. The summed E-state index contributed by atoms with van der Waals surface area (Å²) >= 11 is 0. The third kappa shape index (κ3) is 6.70. The SMILES string of the molecule is CCCC(CCC)(CC1CCN(C(=O)OC(C)(C)C)CC1)OC. The summed E-state index contributed by atoms with van der Waals surface area (Å²) in [6, 6.07) is 0. The predicted octanol–water partition coefficient (Wildman–Crippen LogP) is 5.01. The zero-order valence-electron chi connectivity index (χ0n) is 16.1. The fourth-order valence-corrected chi connectivity index (χ4v) is 3.70. The molecule has 0 radical (unpaired) electrons. The van der Waals surface area contributed by atoms with Gasteiger partial charge in [-0.15, -0.1) is 0 Å². The number of rotatable bonds is 7. The van der Waals surface area contributed by atoms with Crippen LogP contribution in [0.3, 0.4) is 0 Å². The number of hydrogen-bond acceptors (Lipinski definition) is 3. The lowest BCUT2D eigenvalue weighted by atomic mass is 9.79. The molecule has 0 aromatic carbocycles. The Labute approximate surface area is 142 Å². The average molecular weight is 328 g/mol. The Morgan fingerprint density at radius 2 is 1.61 bits per heavy atom. The molecule has 1 aliphatic heterocycles. The van der Waals surface area contributed by atoms with Crippen molar-refractivity contribution in [2.45, 2.75) is 90.8 Å². The van der Waals surface area contributed by atoms with Crippen molar-refractivity contribution < 1.29 is 14.3 Å². The molecule has 136 valence electrons. The Hall–Kier alpha value is -0.770. The van der Waals surface area contributed by atoms with E-state index in [4.69, 9.17) is 9.47 Å². The van der Waals surface area contributed by atoms with Crippen LogP contribution in [0.4, 0.5) is 4.79 Å². The van der Waals surface area contributed by atoms with E-state index in [1.807, 2.05) is 32.8 Å². The van der Waals surface area contributed by atoms with Crippen molar-refractivity contribution in [2.24, 2.45) is 5.92 Å². The van der Waals surface area contributed by atoms with Crippen molar-refractivity contribution in [3.63, 3.8) is 0 Å². The summed E-state index contributed by atoms with van der Waals surface area (Å²) in [6.45, 7) is 11.8. The predicted molar refractivity (Wildman–Crippen MR) is 94.7 cm³/mol. The first kappa shape index (κ1) is 20.3. The molecule has 1 saturated heterocycles. The van der Waals surface area contributed by atoms with E-state index in [1.54, 1.807) is 0 Å². The number of carbonyl (C=O) groups is 1. The zero-order chi connectivity index (χ0) is 17.5. The number of methoxy groups -OCH3 is 1. The standard InChI is InChI=1S/C19H37NO3/c1-7-11-19(22-6,12-8-2)15-16-9-13-20(14-10-16)17(21)23-18(3,4)5/h16H,7-15H2,1-6H3. The first-order chi connectivity index (χ1) is 10.7. The second-order valence-electron chi connectivity index (χ2n) is 8.00. The van der Waals surface area contributed by atoms with Gasteiger partial charge in [0.25, 0.3) is 0 Å². The normalized spacial score (nSPS) is 17.4. The van der Waals surface area contributed by atoms with Crippen LogP contribution in [0.15, 0.2) is 0 Å². The van der Waals surface area contributed by atoms with E-state index in [1.165, 1.54) is 0 Å². The zero-order valence-corrected chi connectivity index (χ0v) is 16.1. The maximum Gasteiger partial charge on any atom is 0.410 e. The highest BCUT2D eigenvalue weighted by Gasteiger charge is 2.34. The lowest BCUT2D eigenvalue weighted by Gasteiger charge is -2.39. The minimum Gasteiger partial charge on any atom is -0.444 e. The molecule has 1 heterocycles. The molecule has 0 bridgehead atoms. The van der Waals surface area contributed by atoms with E-state index in [0.717, 1.165) is 58.0 Å². The van der Waals surface area contributed by atoms with Crippen LogP contribution in [0.5, 0.6) is 0 Å². The molecule has 1 fully saturated rings. The van der Waals surface area contributed by atoms with Crippen LogP contribution in [0.25, 0.3) is 0 Å². The number of ether oxygens (including phenoxy) is 2. The summed E-state index contributed by atoms with van der Waals surface area (Å²) in [6.07, 6.45) is 7.63. The Kier molecular flexibility index (Phi) is 7.85. The molecule has 0 N–H and O–H groups in total. The summed E-state index contributed by atoms with van der Waals surface area (Å²) in [5.41, 5.74) is -0.385. The number of hydrogen-bond donors (Lipinski definition) is 0. The van der Waals surface area contributed by atoms with Gasteiger partial charge in [-0.1, -0.05) is 26.7 Å². The fraction of sp³-hybridized carbons (Fsp3) is 0.947. The first-order valence-corrected chi connectivity index (χ1v) is 9.28. The average Bonchev–Trinajstić information content (AvgIpc) is 2.46. The van der Waals surface area contributed by atoms with Crippen LogP contribution < -0.4 is 0 Å². The van der Waals surface area contributed by atoms with Crippen LogP contribution in [0.1, 0.15) is 79.6 Å². The Morgan fingerprint density at radius 3 is 2.00 bits per heavy atom. The largest absolute Gasteiger partial charge is 0.444 e. The summed E-state index contributed by atoms with van der Waals surface area (Å²) in [7, 11) is 1.86. The monoisotopic (exact) mass is 327 g/mol. The molecule has 0 unspecified atom stereocenters. The number of amides is 1. The van der Waals surface area contributed by atoms with E-state index in [0.29, 0.717) is 5.92 Å². The van der Waals surface area contributed by atoms with Gasteiger partial charge in [-0.25, -0.2) is 4.79 Å². The molecule has 4 nitrogen and oxygen atoms in total. The van der Waals surface area contributed by atoms with Gasteiger partial charge in [0.2, 0.25) is 0 Å². The molecular formula is C19H37NO3. The second kappa shape index (κ2) is 8.91. The number of likely N-dealkylation sites (tertiary alicyclic amines) is 1. The van der Waals surface area contributed by atoms with Gasteiger partial charge in [0.15, 0.2) is 0 Å². The highest BCUT2D eigenvalue weighted by molar-refractivity contribution is 5.68. The molecule has 0 atom stereocenters. The molecule has 0 aromatic heterocycles. The highest BCUT2D eigenvalue weighted by Crippen LogP contribution is 2.35. The number of nitrogens with zero attached hydrogens (tertiary/aromatic N) is 1. The van der Waals surface area contributed by atoms with Gasteiger partial charge in [-0.05, 0) is 58.8 Å². The topological polar surface area (TPSA) is 38.8 Å². The van der Waals surface area contributed by atoms with E-state index in [9.17, 15) is 4.79 Å². The molecule has 23 heavy (non-hydrogen) atoms. The van der Waals surface area contributed by atoms with E-state index >= 15 is 0 Å². The smallest absolute Gasteiger partial charge is 0.410 e. The molecule has 0 spiro atoms. The van der Waals surface area contributed by atoms with Crippen LogP contribution in [0, 0.1) is 5.92 Å². The molecule has 4 heteroatoms. The quantitative estimate of drug-likeness (QED) is 0.660. The Balaban J connectivity index is 2.53. The summed E-state index contributed by atoms with van der Waals surface area (Å²) < 4.78 is 11.4. The molecule has 1 amide bonds. The number of carbonyl (C=O) groups excluding carboxylic acids is 1. The van der Waals surface area contributed by atoms with Crippen molar-refractivity contribution in [3.8, 4) is 0 Å². The van der Waals surface area contributed by atoms with Gasteiger partial charge < -0.3 is 14.4 Å². The molecule has 0 aromatic rings. The molecule has 1 rings (SSSR count). The van der Waals surface area contributed by atoms with Gasteiger partial charge in [-0.3, -0.25) is 0 Å².